The summed E-state index contributed by atoms with van der Waals surface area (Å²) in [4.78, 5) is 0. The number of nitrogens with one attached hydrogen (secondary N) is 1. The Morgan fingerprint density at radius 3 is 2.67 bits per heavy atom. The molecule has 0 unspecified atom stereocenters. The second-order valence-corrected chi connectivity index (χ2v) is 2.29. The van der Waals surface area contributed by atoms with Gasteiger partial charge in [0.15, 0.2) is 0 Å². The molecule has 0 fully saturated rings. The molecule has 0 aromatic carbocycles. The van der Waals surface area contributed by atoms with Gasteiger partial charge in [-0.05, 0) is 7.05 Å². The van der Waals surface area contributed by atoms with E-state index in [9.17, 15) is 13.2 Å². The average Bonchev–Trinajstić information content (AvgIpc) is 2.35. The van der Waals surface area contributed by atoms with E-state index in [1.54, 1.807) is 7.05 Å². The first kappa shape index (κ1) is 9.05. The maximum absolute atomic E-state index is 11.9. The van der Waals surface area contributed by atoms with Gasteiger partial charge in [0.05, 0.1) is 6.20 Å². The summed E-state index contributed by atoms with van der Waals surface area (Å²) in [7, 11) is 1.66. The number of nitrogens with zero attached hydrogens (tertiary/aromatic N) is 2. The molecule has 1 N–H and O–H groups in total. The van der Waals surface area contributed by atoms with Crippen molar-refractivity contribution in [2.45, 2.75) is 12.8 Å². The summed E-state index contributed by atoms with van der Waals surface area (Å²) in [6.45, 7) is 0.385. The minimum Gasteiger partial charge on any atom is -0.316 e. The van der Waals surface area contributed by atoms with Crippen molar-refractivity contribution >= 4 is 0 Å². The largest absolute Gasteiger partial charge is 0.504 e. The van der Waals surface area contributed by atoms with Crippen LogP contribution in [0.2, 0.25) is 0 Å². The summed E-state index contributed by atoms with van der Waals surface area (Å²) < 4.78 is 35.8. The molecule has 0 spiro atoms. The van der Waals surface area contributed by atoms with Gasteiger partial charge in [0.2, 0.25) is 0 Å². The molecule has 0 bridgehead atoms. The van der Waals surface area contributed by atoms with Crippen LogP contribution in [-0.2, 0) is 12.8 Å². The lowest BCUT2D eigenvalue weighted by Gasteiger charge is -2.03. The van der Waals surface area contributed by atoms with Crippen molar-refractivity contribution in [3.63, 3.8) is 0 Å². The Morgan fingerprint density at radius 2 is 2.25 bits per heavy atom. The topological polar surface area (TPSA) is 29.9 Å². The number of halogens is 3. The van der Waals surface area contributed by atoms with Gasteiger partial charge in [-0.25, -0.2) is 0 Å². The van der Waals surface area contributed by atoms with E-state index in [0.29, 0.717) is 12.1 Å². The fourth-order valence-electron chi connectivity index (χ4n) is 0.794. The standard InChI is InChI=1S/C6H8F3N3/c1-10-2-5-3-11-12(4-5)6(7,8)9/h3-4,10H,2H2,1H3. The summed E-state index contributed by atoms with van der Waals surface area (Å²) in [5, 5.41) is 5.89. The zero-order chi connectivity index (χ0) is 9.19. The Labute approximate surface area is 67.2 Å². The maximum Gasteiger partial charge on any atom is 0.504 e. The predicted molar refractivity (Wildman–Crippen MR) is 36.3 cm³/mol. The van der Waals surface area contributed by atoms with Crippen molar-refractivity contribution < 1.29 is 13.2 Å². The fourth-order valence-corrected chi connectivity index (χ4v) is 0.794. The third-order valence-corrected chi connectivity index (χ3v) is 1.28. The zero-order valence-electron chi connectivity index (χ0n) is 6.39. The van der Waals surface area contributed by atoms with Crippen molar-refractivity contribution in [2.24, 2.45) is 0 Å². The van der Waals surface area contributed by atoms with Crippen LogP contribution >= 0.6 is 0 Å². The molecule has 1 aromatic rings. The van der Waals surface area contributed by atoms with Crippen LogP contribution in [0.1, 0.15) is 5.56 Å². The van der Waals surface area contributed by atoms with Crippen LogP contribution in [0.5, 0.6) is 0 Å². The van der Waals surface area contributed by atoms with E-state index >= 15 is 0 Å². The number of alkyl halides is 3. The van der Waals surface area contributed by atoms with Crippen LogP contribution in [0.15, 0.2) is 12.4 Å². The summed E-state index contributed by atoms with van der Waals surface area (Å²) in [5.74, 6) is 0. The van der Waals surface area contributed by atoms with E-state index in [1.807, 2.05) is 0 Å². The lowest BCUT2D eigenvalue weighted by molar-refractivity contribution is -0.212. The van der Waals surface area contributed by atoms with Crippen molar-refractivity contribution in [3.05, 3.63) is 18.0 Å². The van der Waals surface area contributed by atoms with E-state index < -0.39 is 6.30 Å². The van der Waals surface area contributed by atoms with Crippen LogP contribution in [-0.4, -0.2) is 16.8 Å². The highest BCUT2D eigenvalue weighted by atomic mass is 19.4. The van der Waals surface area contributed by atoms with Gasteiger partial charge in [0.25, 0.3) is 0 Å². The van der Waals surface area contributed by atoms with Gasteiger partial charge in [0, 0.05) is 18.3 Å². The first-order chi connectivity index (χ1) is 5.54. The van der Waals surface area contributed by atoms with Gasteiger partial charge in [-0.2, -0.15) is 9.78 Å². The fraction of sp³-hybridized carbons (Fsp3) is 0.500. The summed E-state index contributed by atoms with van der Waals surface area (Å²) in [5.41, 5.74) is 0.509. The van der Waals surface area contributed by atoms with E-state index in [1.165, 1.54) is 6.20 Å². The number of hydrogen-bond donors (Lipinski definition) is 1. The van der Waals surface area contributed by atoms with E-state index in [4.69, 9.17) is 0 Å². The van der Waals surface area contributed by atoms with Crippen LogP contribution < -0.4 is 5.32 Å². The first-order valence-electron chi connectivity index (χ1n) is 3.29. The zero-order valence-corrected chi connectivity index (χ0v) is 6.39. The molecule has 1 heterocycles. The minimum absolute atomic E-state index is 0.0142. The predicted octanol–water partition coefficient (Wildman–Crippen LogP) is 1.08. The van der Waals surface area contributed by atoms with Gasteiger partial charge < -0.3 is 5.32 Å². The Morgan fingerprint density at radius 1 is 1.58 bits per heavy atom. The minimum atomic E-state index is -4.41. The van der Waals surface area contributed by atoms with Gasteiger partial charge >= 0.3 is 6.30 Å². The SMILES string of the molecule is CNCc1cnn(C(F)(F)F)c1. The monoisotopic (exact) mass is 179 g/mol. The average molecular weight is 179 g/mol. The Balaban J connectivity index is 2.77. The third kappa shape index (κ3) is 1.97. The highest BCUT2D eigenvalue weighted by Crippen LogP contribution is 2.20. The third-order valence-electron chi connectivity index (χ3n) is 1.28. The van der Waals surface area contributed by atoms with E-state index in [-0.39, 0.29) is 4.68 Å². The van der Waals surface area contributed by atoms with Gasteiger partial charge in [0.1, 0.15) is 0 Å². The van der Waals surface area contributed by atoms with Crippen molar-refractivity contribution in [3.8, 4) is 0 Å². The van der Waals surface area contributed by atoms with Crippen LogP contribution in [0.25, 0.3) is 0 Å². The maximum atomic E-state index is 11.9. The highest BCUT2D eigenvalue weighted by molar-refractivity contribution is 5.03. The molecule has 0 aliphatic heterocycles. The molecule has 0 radical (unpaired) electrons. The normalized spacial score (nSPS) is 12.0. The molecule has 1 rings (SSSR count). The Bertz CT molecular complexity index is 253. The second kappa shape index (κ2) is 3.14. The van der Waals surface area contributed by atoms with Crippen molar-refractivity contribution in [2.75, 3.05) is 7.05 Å². The lowest BCUT2D eigenvalue weighted by atomic mass is 10.4. The second-order valence-electron chi connectivity index (χ2n) is 2.29. The molecule has 3 nitrogen and oxygen atoms in total. The summed E-state index contributed by atoms with van der Waals surface area (Å²) >= 11 is 0. The van der Waals surface area contributed by atoms with E-state index in [0.717, 1.165) is 6.20 Å². The molecule has 0 aliphatic rings. The van der Waals surface area contributed by atoms with Gasteiger partial charge in [-0.15, -0.1) is 13.2 Å². The van der Waals surface area contributed by atoms with Crippen LogP contribution in [0.4, 0.5) is 13.2 Å². The molecule has 0 atom stereocenters. The molecular weight excluding hydrogens is 171 g/mol. The molecule has 12 heavy (non-hydrogen) atoms. The Hall–Kier alpha value is -1.04. The smallest absolute Gasteiger partial charge is 0.316 e. The highest BCUT2D eigenvalue weighted by Gasteiger charge is 2.31. The molecule has 0 saturated carbocycles. The Kier molecular flexibility index (Phi) is 2.37. The van der Waals surface area contributed by atoms with E-state index in [2.05, 4.69) is 10.4 Å². The van der Waals surface area contributed by atoms with Gasteiger partial charge in [-0.3, -0.25) is 0 Å². The number of rotatable bonds is 2. The summed E-state index contributed by atoms with van der Waals surface area (Å²) in [6.07, 6.45) is -2.27. The van der Waals surface area contributed by atoms with Crippen molar-refractivity contribution in [1.82, 2.24) is 15.1 Å². The molecule has 6 heteroatoms. The number of hydrogen-bond acceptors (Lipinski definition) is 2. The molecule has 1 aromatic heterocycles. The molecule has 0 amide bonds. The van der Waals surface area contributed by atoms with Crippen LogP contribution in [0.3, 0.4) is 0 Å². The summed E-state index contributed by atoms with van der Waals surface area (Å²) in [6, 6.07) is 0. The lowest BCUT2D eigenvalue weighted by Crippen LogP contribution is -2.16. The first-order valence-corrected chi connectivity index (χ1v) is 3.29. The molecular formula is C6H8F3N3. The molecule has 0 saturated heterocycles. The molecule has 68 valence electrons. The van der Waals surface area contributed by atoms with Crippen LogP contribution in [0, 0.1) is 0 Å². The van der Waals surface area contributed by atoms with Crippen molar-refractivity contribution in [1.29, 1.82) is 0 Å². The molecule has 0 aliphatic carbocycles. The number of aromatic nitrogens is 2. The quantitative estimate of drug-likeness (QED) is 0.736. The van der Waals surface area contributed by atoms with Gasteiger partial charge in [-0.1, -0.05) is 0 Å².